The Bertz CT molecular complexity index is 182. The minimum absolute atomic E-state index is 0.0351. The van der Waals surface area contributed by atoms with Gasteiger partial charge >= 0.3 is 0 Å². The molecule has 0 aliphatic rings. The third-order valence-electron chi connectivity index (χ3n) is 2.26. The first-order valence-corrected chi connectivity index (χ1v) is 6.88. The topological polar surface area (TPSA) is 9.23 Å². The van der Waals surface area contributed by atoms with Gasteiger partial charge in [0.15, 0.2) is 0 Å². The van der Waals surface area contributed by atoms with E-state index < -0.39 is 0 Å². The van der Waals surface area contributed by atoms with E-state index in [0.717, 1.165) is 12.8 Å². The summed E-state index contributed by atoms with van der Waals surface area (Å²) in [5.74, 6) is 0. The lowest BCUT2D eigenvalue weighted by Crippen LogP contribution is -2.36. The fourth-order valence-corrected chi connectivity index (χ4v) is 2.05. The zero-order chi connectivity index (χ0) is 14.1. The quantitative estimate of drug-likeness (QED) is 0.539. The van der Waals surface area contributed by atoms with Gasteiger partial charge in [0.2, 0.25) is 0 Å². The molecule has 0 aromatic rings. The van der Waals surface area contributed by atoms with E-state index in [2.05, 4.69) is 48.1 Å². The molecule has 0 radical (unpaired) electrons. The summed E-state index contributed by atoms with van der Waals surface area (Å²) in [6, 6.07) is 0. The first kappa shape index (κ1) is 19.0. The molecule has 0 aliphatic carbocycles. The highest BCUT2D eigenvalue weighted by Gasteiger charge is 2.27. The van der Waals surface area contributed by atoms with Crippen LogP contribution in [0.2, 0.25) is 0 Å². The molecule has 104 valence electrons. The molecular weight excluding hydrogens is 208 g/mol. The molecule has 0 atom stereocenters. The number of hydrogen-bond acceptors (Lipinski definition) is 1. The van der Waals surface area contributed by atoms with Crippen LogP contribution in [-0.4, -0.2) is 11.2 Å². The van der Waals surface area contributed by atoms with E-state index in [1.165, 1.54) is 18.4 Å². The zero-order valence-electron chi connectivity index (χ0n) is 13.4. The maximum atomic E-state index is 6.11. The van der Waals surface area contributed by atoms with Crippen molar-refractivity contribution in [3.63, 3.8) is 0 Å². The van der Waals surface area contributed by atoms with Gasteiger partial charge in [-0.15, -0.1) is 6.58 Å². The highest BCUT2D eigenvalue weighted by Crippen LogP contribution is 2.27. The molecule has 0 amide bonds. The monoisotopic (exact) mass is 242 g/mol. The Kier molecular flexibility index (Phi) is 9.80. The van der Waals surface area contributed by atoms with Crippen LogP contribution >= 0.6 is 0 Å². The molecule has 0 aromatic heterocycles. The summed E-state index contributed by atoms with van der Waals surface area (Å²) in [6.45, 7) is 20.7. The summed E-state index contributed by atoms with van der Waals surface area (Å²) >= 11 is 0. The van der Waals surface area contributed by atoms with Gasteiger partial charge in [0, 0.05) is 0 Å². The van der Waals surface area contributed by atoms with Crippen molar-refractivity contribution < 1.29 is 4.74 Å². The molecule has 0 N–H and O–H groups in total. The Labute approximate surface area is 110 Å². The van der Waals surface area contributed by atoms with Gasteiger partial charge in [-0.2, -0.15) is 0 Å². The summed E-state index contributed by atoms with van der Waals surface area (Å²) in [6.07, 6.45) is 4.66. The molecule has 0 spiro atoms. The molecule has 0 heterocycles. The van der Waals surface area contributed by atoms with Crippen LogP contribution in [0.4, 0.5) is 0 Å². The normalized spacial score (nSPS) is 11.8. The van der Waals surface area contributed by atoms with E-state index in [0.29, 0.717) is 0 Å². The minimum Gasteiger partial charge on any atom is -0.370 e. The van der Waals surface area contributed by atoms with Crippen LogP contribution < -0.4 is 0 Å². The van der Waals surface area contributed by atoms with E-state index in [4.69, 9.17) is 4.74 Å². The molecule has 0 aliphatic heterocycles. The molecule has 0 rings (SSSR count). The standard InChI is InChI=1S/C12H26O.C4H8/c1-7-9-11(3,4)13-12(5,6)10-8-2;1-4(2)3/h7-10H2,1-6H3;1H2,2-3H3. The van der Waals surface area contributed by atoms with E-state index in [1.807, 2.05) is 13.8 Å². The second-order valence-electron chi connectivity index (χ2n) is 6.33. The molecule has 0 fully saturated rings. The summed E-state index contributed by atoms with van der Waals surface area (Å²) in [4.78, 5) is 0. The molecule has 17 heavy (non-hydrogen) atoms. The second kappa shape index (κ2) is 8.74. The highest BCUT2D eigenvalue weighted by molar-refractivity contribution is 4.79. The van der Waals surface area contributed by atoms with Crippen molar-refractivity contribution in [1.29, 1.82) is 0 Å². The smallest absolute Gasteiger partial charge is 0.0633 e. The van der Waals surface area contributed by atoms with Crippen molar-refractivity contribution in [3.8, 4) is 0 Å². The lowest BCUT2D eigenvalue weighted by atomic mass is 9.98. The van der Waals surface area contributed by atoms with Gasteiger partial charge in [0.05, 0.1) is 11.2 Å². The number of rotatable bonds is 6. The van der Waals surface area contributed by atoms with Crippen molar-refractivity contribution in [2.75, 3.05) is 0 Å². The fourth-order valence-electron chi connectivity index (χ4n) is 2.05. The van der Waals surface area contributed by atoms with E-state index in [-0.39, 0.29) is 11.2 Å². The van der Waals surface area contributed by atoms with E-state index in [9.17, 15) is 0 Å². The first-order valence-electron chi connectivity index (χ1n) is 6.88. The van der Waals surface area contributed by atoms with Crippen molar-refractivity contribution >= 4 is 0 Å². The summed E-state index contributed by atoms with van der Waals surface area (Å²) in [7, 11) is 0. The maximum absolute atomic E-state index is 6.11. The molecule has 0 bridgehead atoms. The second-order valence-corrected chi connectivity index (χ2v) is 6.33. The van der Waals surface area contributed by atoms with Gasteiger partial charge in [-0.05, 0) is 54.4 Å². The Morgan fingerprint density at radius 1 is 0.882 bits per heavy atom. The summed E-state index contributed by atoms with van der Waals surface area (Å²) in [5.41, 5.74) is 1.24. The van der Waals surface area contributed by atoms with Gasteiger partial charge in [-0.3, -0.25) is 0 Å². The molecular formula is C16H34O. The predicted molar refractivity (Wildman–Crippen MR) is 79.5 cm³/mol. The Balaban J connectivity index is 0. The van der Waals surface area contributed by atoms with E-state index >= 15 is 0 Å². The number of ether oxygens (including phenoxy) is 1. The summed E-state index contributed by atoms with van der Waals surface area (Å²) < 4.78 is 6.11. The molecule has 1 nitrogen and oxygen atoms in total. The van der Waals surface area contributed by atoms with Crippen LogP contribution in [0, 0.1) is 0 Å². The average Bonchev–Trinajstić information content (AvgIpc) is 1.98. The lowest BCUT2D eigenvalue weighted by Gasteiger charge is -2.36. The third-order valence-corrected chi connectivity index (χ3v) is 2.26. The molecule has 1 heteroatoms. The molecule has 0 saturated heterocycles. The molecule has 0 unspecified atom stereocenters. The molecule has 0 aromatic carbocycles. The van der Waals surface area contributed by atoms with Crippen molar-refractivity contribution in [1.82, 2.24) is 0 Å². The van der Waals surface area contributed by atoms with Crippen molar-refractivity contribution in [2.45, 2.75) is 92.3 Å². The average molecular weight is 242 g/mol. The van der Waals surface area contributed by atoms with Crippen LogP contribution in [-0.2, 0) is 4.74 Å². The lowest BCUT2D eigenvalue weighted by molar-refractivity contribution is -0.129. The van der Waals surface area contributed by atoms with Crippen LogP contribution in [0.25, 0.3) is 0 Å². The third kappa shape index (κ3) is 15.7. The molecule has 0 saturated carbocycles. The Morgan fingerprint density at radius 3 is 1.29 bits per heavy atom. The van der Waals surface area contributed by atoms with Crippen LogP contribution in [0.15, 0.2) is 12.2 Å². The maximum Gasteiger partial charge on any atom is 0.0633 e. The van der Waals surface area contributed by atoms with Gasteiger partial charge in [-0.1, -0.05) is 32.3 Å². The number of hydrogen-bond donors (Lipinski definition) is 0. The Morgan fingerprint density at radius 2 is 1.12 bits per heavy atom. The van der Waals surface area contributed by atoms with Crippen LogP contribution in [0.1, 0.15) is 81.1 Å². The predicted octanol–water partition coefficient (Wildman–Crippen LogP) is 5.74. The SMILES string of the molecule is C=C(C)C.CCCC(C)(C)OC(C)(C)CCC. The highest BCUT2D eigenvalue weighted by atomic mass is 16.5. The van der Waals surface area contributed by atoms with Crippen molar-refractivity contribution in [3.05, 3.63) is 12.2 Å². The van der Waals surface area contributed by atoms with Crippen LogP contribution in [0.3, 0.4) is 0 Å². The zero-order valence-corrected chi connectivity index (χ0v) is 13.4. The fraction of sp³-hybridized carbons (Fsp3) is 0.875. The summed E-state index contributed by atoms with van der Waals surface area (Å²) in [5, 5.41) is 0. The first-order chi connectivity index (χ1) is 7.56. The van der Waals surface area contributed by atoms with Crippen molar-refractivity contribution in [2.24, 2.45) is 0 Å². The van der Waals surface area contributed by atoms with Gasteiger partial charge in [0.25, 0.3) is 0 Å². The minimum atomic E-state index is 0.0351. The van der Waals surface area contributed by atoms with Crippen LogP contribution in [0.5, 0.6) is 0 Å². The van der Waals surface area contributed by atoms with E-state index in [1.54, 1.807) is 0 Å². The van der Waals surface area contributed by atoms with Gasteiger partial charge in [-0.25, -0.2) is 0 Å². The van der Waals surface area contributed by atoms with Gasteiger partial charge < -0.3 is 4.74 Å². The largest absolute Gasteiger partial charge is 0.370 e. The van der Waals surface area contributed by atoms with Gasteiger partial charge in [0.1, 0.15) is 0 Å². The number of allylic oxidation sites excluding steroid dienone is 1. The Hall–Kier alpha value is -0.300.